The smallest absolute Gasteiger partial charge is 0.165 e. The fourth-order valence-electron chi connectivity index (χ4n) is 14.5. The minimum Gasteiger partial charge on any atom is -0.505 e. The fourth-order valence-corrected chi connectivity index (χ4v) is 14.5. The van der Waals surface area contributed by atoms with Crippen LogP contribution in [-0.2, 0) is 32.5 Å². The number of rotatable bonds is 15. The van der Waals surface area contributed by atoms with E-state index in [0.717, 1.165) is 67.6 Å². The van der Waals surface area contributed by atoms with Crippen LogP contribution in [0.4, 0.5) is 4.39 Å². The molecule has 0 atom stereocenters. The normalized spacial score (nSPS) is 13.3. The standard InChI is InChI=1S/C85H105FN2O5/c1-51-38-66(65-41-57(85(22,23)50-79(5,6)7)47-73(76(65)90)88-70-44-54(82(14,15)16)28-33-61(70)62-34-29-55(45-71(62)88)83(17,18)19)77(67(86)39-51)93-37-25-36-92-74-35-30-58(91-24)48-63(74)64-40-56(84(20,21)49-78(2,3)4)46-72(75(64)89)87-68-42-52(80(8,9)10)26-31-59(68)60-32-27-53(43-69(60)87)81(11,12)13/h26-35,38-48,89-90H,25,36-37,49-50H2,1-24H3. The molecule has 10 rings (SSSR count). The molecule has 0 saturated heterocycles. The summed E-state index contributed by atoms with van der Waals surface area (Å²) in [7, 11) is 1.65. The van der Waals surface area contributed by atoms with Crippen LogP contribution in [-0.4, -0.2) is 39.7 Å². The molecule has 0 spiro atoms. The molecule has 0 fully saturated rings. The first-order chi connectivity index (χ1) is 43.0. The first kappa shape index (κ1) is 68.2. The van der Waals surface area contributed by atoms with Crippen LogP contribution in [0.1, 0.15) is 211 Å². The summed E-state index contributed by atoms with van der Waals surface area (Å²) < 4.78 is 41.1. The lowest BCUT2D eigenvalue weighted by molar-refractivity contribution is 0.242. The second-order valence-electron chi connectivity index (χ2n) is 34.7. The number of halogens is 1. The number of methoxy groups -OCH3 is 1. The lowest BCUT2D eigenvalue weighted by Gasteiger charge is -2.34. The van der Waals surface area contributed by atoms with Gasteiger partial charge in [0.05, 0.1) is 53.8 Å². The second-order valence-corrected chi connectivity index (χ2v) is 34.7. The van der Waals surface area contributed by atoms with E-state index in [1.54, 1.807) is 7.11 Å². The van der Waals surface area contributed by atoms with Crippen LogP contribution in [0.2, 0.25) is 0 Å². The highest BCUT2D eigenvalue weighted by Crippen LogP contribution is 2.51. The number of phenolic OH excluding ortho intramolecular Hbond substituents is 2. The number of ether oxygens (including phenoxy) is 3. The number of benzene rings is 8. The van der Waals surface area contributed by atoms with E-state index in [9.17, 15) is 10.2 Å². The van der Waals surface area contributed by atoms with Gasteiger partial charge in [0.25, 0.3) is 0 Å². The Bertz CT molecular complexity index is 4360. The molecule has 0 aliphatic rings. The average molecular weight is 1250 g/mol. The number of aromatic hydroxyl groups is 2. The van der Waals surface area contributed by atoms with Crippen molar-refractivity contribution >= 4 is 43.6 Å². The van der Waals surface area contributed by atoms with Gasteiger partial charge < -0.3 is 33.6 Å². The number of phenols is 2. The van der Waals surface area contributed by atoms with E-state index in [2.05, 4.69) is 259 Å². The number of hydrogen-bond donors (Lipinski definition) is 2. The molecule has 8 aromatic carbocycles. The van der Waals surface area contributed by atoms with Gasteiger partial charge in [0.2, 0.25) is 0 Å². The molecule has 2 heterocycles. The molecule has 93 heavy (non-hydrogen) atoms. The molecule has 0 aliphatic heterocycles. The summed E-state index contributed by atoms with van der Waals surface area (Å²) in [5.74, 6) is 0.874. The SMILES string of the molecule is COc1ccc(OCCCOc2c(F)cc(C)cc2-c2cc(C(C)(C)CC(C)(C)C)cc(-n3c4cc(C(C)(C)C)ccc4c4ccc(C(C)(C)C)cc43)c2O)c(-c2cc(C(C)(C)CC(C)(C)C)cc(-n3c4cc(C(C)(C)C)ccc4c4ccc(C(C)(C)C)cc43)c2O)c1. The van der Waals surface area contributed by atoms with E-state index in [1.165, 1.54) is 28.3 Å². The zero-order valence-corrected chi connectivity index (χ0v) is 60.6. The van der Waals surface area contributed by atoms with Gasteiger partial charge >= 0.3 is 0 Å². The summed E-state index contributed by atoms with van der Waals surface area (Å²) in [5.41, 5.74) is 13.8. The van der Waals surface area contributed by atoms with E-state index >= 15 is 4.39 Å². The van der Waals surface area contributed by atoms with E-state index in [0.29, 0.717) is 57.1 Å². The molecule has 7 nitrogen and oxygen atoms in total. The van der Waals surface area contributed by atoms with Crippen molar-refractivity contribution in [3.63, 3.8) is 0 Å². The van der Waals surface area contributed by atoms with Crippen LogP contribution in [0.3, 0.4) is 0 Å². The minimum absolute atomic E-state index is 0.0102. The van der Waals surface area contributed by atoms with Gasteiger partial charge in [-0.1, -0.05) is 201 Å². The van der Waals surface area contributed by atoms with Gasteiger partial charge in [-0.15, -0.1) is 0 Å². The molecule has 492 valence electrons. The van der Waals surface area contributed by atoms with Crippen LogP contribution < -0.4 is 14.2 Å². The Balaban J connectivity index is 1.07. The average Bonchev–Trinajstić information content (AvgIpc) is 1.64. The lowest BCUT2D eigenvalue weighted by Crippen LogP contribution is -2.25. The zero-order valence-electron chi connectivity index (χ0n) is 60.6. The molecule has 0 unspecified atom stereocenters. The number of aromatic nitrogens is 2. The van der Waals surface area contributed by atoms with Crippen molar-refractivity contribution in [2.45, 2.75) is 211 Å². The zero-order chi connectivity index (χ0) is 68.2. The molecule has 0 bridgehead atoms. The number of nitrogens with zero attached hydrogens (tertiary/aromatic N) is 2. The van der Waals surface area contributed by atoms with Crippen LogP contribution in [0.25, 0.3) is 77.2 Å². The van der Waals surface area contributed by atoms with Gasteiger partial charge in [-0.2, -0.15) is 0 Å². The highest BCUT2D eigenvalue weighted by Gasteiger charge is 2.34. The summed E-state index contributed by atoms with van der Waals surface area (Å²) in [6.45, 7) is 51.8. The van der Waals surface area contributed by atoms with E-state index in [4.69, 9.17) is 14.2 Å². The van der Waals surface area contributed by atoms with E-state index < -0.39 is 5.82 Å². The van der Waals surface area contributed by atoms with Crippen molar-refractivity contribution in [1.29, 1.82) is 0 Å². The summed E-state index contributed by atoms with van der Waals surface area (Å²) in [6, 6.07) is 44.8. The van der Waals surface area contributed by atoms with Crippen LogP contribution in [0.15, 0.2) is 127 Å². The Morgan fingerprint density at radius 1 is 0.387 bits per heavy atom. The molecule has 8 heteroatoms. The third-order valence-electron chi connectivity index (χ3n) is 18.9. The molecule has 2 N–H and O–H groups in total. The van der Waals surface area contributed by atoms with Crippen LogP contribution >= 0.6 is 0 Å². The molecule has 0 saturated carbocycles. The van der Waals surface area contributed by atoms with Crippen molar-refractivity contribution in [2.24, 2.45) is 10.8 Å². The molecule has 0 radical (unpaired) electrons. The highest BCUT2D eigenvalue weighted by molar-refractivity contribution is 6.11. The minimum atomic E-state index is -0.516. The monoisotopic (exact) mass is 1250 g/mol. The lowest BCUT2D eigenvalue weighted by atomic mass is 9.71. The summed E-state index contributed by atoms with van der Waals surface area (Å²) in [5, 5.41) is 30.9. The van der Waals surface area contributed by atoms with Gasteiger partial charge in [0.1, 0.15) is 23.0 Å². The van der Waals surface area contributed by atoms with Crippen molar-refractivity contribution < 1.29 is 28.8 Å². The summed E-state index contributed by atoms with van der Waals surface area (Å²) in [4.78, 5) is 0. The quantitative estimate of drug-likeness (QED) is 0.100. The largest absolute Gasteiger partial charge is 0.505 e. The first-order valence-corrected chi connectivity index (χ1v) is 33.6. The van der Waals surface area contributed by atoms with Crippen molar-refractivity contribution in [1.82, 2.24) is 9.13 Å². The third kappa shape index (κ3) is 13.8. The molecule has 10 aromatic rings. The predicted octanol–water partition coefficient (Wildman–Crippen LogP) is 23.5. The van der Waals surface area contributed by atoms with Crippen LogP contribution in [0, 0.1) is 23.6 Å². The topological polar surface area (TPSA) is 78.0 Å². The Hall–Kier alpha value is -7.71. The molecule has 0 aliphatic carbocycles. The Kier molecular flexibility index (Phi) is 17.5. The molecular formula is C85H105FN2O5. The summed E-state index contributed by atoms with van der Waals surface area (Å²) in [6.07, 6.45) is 2.11. The van der Waals surface area contributed by atoms with Crippen molar-refractivity contribution in [3.05, 3.63) is 172 Å². The Morgan fingerprint density at radius 3 is 1.11 bits per heavy atom. The fraction of sp³-hybridized carbons (Fsp3) is 0.435. The molecular weight excluding hydrogens is 1150 g/mol. The molecule has 0 amide bonds. The summed E-state index contributed by atoms with van der Waals surface area (Å²) >= 11 is 0. The van der Waals surface area contributed by atoms with Gasteiger partial charge in [0.15, 0.2) is 11.6 Å². The van der Waals surface area contributed by atoms with E-state index in [1.807, 2.05) is 31.2 Å². The third-order valence-corrected chi connectivity index (χ3v) is 18.9. The maximum absolute atomic E-state index is 17.1. The van der Waals surface area contributed by atoms with Crippen molar-refractivity contribution in [3.8, 4) is 62.4 Å². The maximum atomic E-state index is 17.1. The van der Waals surface area contributed by atoms with Gasteiger partial charge in [-0.05, 0) is 181 Å². The number of fused-ring (bicyclic) bond motifs is 6. The van der Waals surface area contributed by atoms with Crippen LogP contribution in [0.5, 0.6) is 28.7 Å². The van der Waals surface area contributed by atoms with Gasteiger partial charge in [-0.3, -0.25) is 0 Å². The Morgan fingerprint density at radius 2 is 0.753 bits per heavy atom. The first-order valence-electron chi connectivity index (χ1n) is 33.6. The predicted molar refractivity (Wildman–Crippen MR) is 392 cm³/mol. The highest BCUT2D eigenvalue weighted by atomic mass is 19.1. The van der Waals surface area contributed by atoms with Gasteiger partial charge in [-0.25, -0.2) is 4.39 Å². The van der Waals surface area contributed by atoms with Gasteiger partial charge in [0, 0.05) is 50.2 Å². The number of aryl methyl sites for hydroxylation is 1. The van der Waals surface area contributed by atoms with E-state index in [-0.39, 0.29) is 73.8 Å². The molecule has 2 aromatic heterocycles. The Labute approximate surface area is 555 Å². The number of hydrogen-bond acceptors (Lipinski definition) is 5. The second kappa shape index (κ2) is 23.9. The maximum Gasteiger partial charge on any atom is 0.165 e. The van der Waals surface area contributed by atoms with Crippen molar-refractivity contribution in [2.75, 3.05) is 20.3 Å².